The van der Waals surface area contributed by atoms with Crippen LogP contribution < -0.4 is 11.1 Å². The van der Waals surface area contributed by atoms with Crippen molar-refractivity contribution in [2.24, 2.45) is 0 Å². The highest BCUT2D eigenvalue weighted by atomic mass is 35.5. The van der Waals surface area contributed by atoms with E-state index in [9.17, 15) is 9.59 Å². The first-order valence-electron chi connectivity index (χ1n) is 6.06. The Morgan fingerprint density at radius 2 is 1.90 bits per heavy atom. The van der Waals surface area contributed by atoms with Crippen LogP contribution in [0.4, 0.5) is 11.4 Å². The van der Waals surface area contributed by atoms with Crippen LogP contribution in [0.2, 0.25) is 5.02 Å². The number of amides is 1. The van der Waals surface area contributed by atoms with E-state index in [2.05, 4.69) is 10.1 Å². The van der Waals surface area contributed by atoms with E-state index in [1.807, 2.05) is 0 Å². The van der Waals surface area contributed by atoms with Crippen molar-refractivity contribution in [3.8, 4) is 0 Å². The lowest BCUT2D eigenvalue weighted by molar-refractivity contribution is 0.0600. The summed E-state index contributed by atoms with van der Waals surface area (Å²) >= 11 is 6.02. The molecule has 108 valence electrons. The van der Waals surface area contributed by atoms with Crippen LogP contribution in [0, 0.1) is 0 Å². The molecular formula is C15H13ClN2O3. The van der Waals surface area contributed by atoms with Gasteiger partial charge in [0.2, 0.25) is 0 Å². The van der Waals surface area contributed by atoms with Gasteiger partial charge in [0, 0.05) is 5.69 Å². The average Bonchev–Trinajstić information content (AvgIpc) is 2.49. The van der Waals surface area contributed by atoms with E-state index in [1.54, 1.807) is 24.3 Å². The summed E-state index contributed by atoms with van der Waals surface area (Å²) in [5.41, 5.74) is 7.04. The van der Waals surface area contributed by atoms with Gasteiger partial charge in [-0.2, -0.15) is 0 Å². The first-order valence-corrected chi connectivity index (χ1v) is 6.44. The number of nitrogens with two attached hydrogens (primary N) is 1. The highest BCUT2D eigenvalue weighted by molar-refractivity contribution is 6.34. The van der Waals surface area contributed by atoms with Crippen LogP contribution in [-0.4, -0.2) is 19.0 Å². The van der Waals surface area contributed by atoms with Gasteiger partial charge >= 0.3 is 5.97 Å². The van der Waals surface area contributed by atoms with Gasteiger partial charge in [0.15, 0.2) is 0 Å². The van der Waals surface area contributed by atoms with E-state index in [0.29, 0.717) is 27.5 Å². The molecule has 0 aliphatic carbocycles. The molecule has 2 aromatic rings. The molecule has 0 atom stereocenters. The molecule has 2 aromatic carbocycles. The summed E-state index contributed by atoms with van der Waals surface area (Å²) in [7, 11) is 1.28. The fraction of sp³-hybridized carbons (Fsp3) is 0.0667. The number of esters is 1. The Balaban J connectivity index is 2.29. The molecule has 0 heterocycles. The Morgan fingerprint density at radius 1 is 1.19 bits per heavy atom. The summed E-state index contributed by atoms with van der Waals surface area (Å²) in [5.74, 6) is -0.918. The smallest absolute Gasteiger partial charge is 0.337 e. The third-order valence-electron chi connectivity index (χ3n) is 2.84. The van der Waals surface area contributed by atoms with Crippen molar-refractivity contribution in [3.63, 3.8) is 0 Å². The highest BCUT2D eigenvalue weighted by Crippen LogP contribution is 2.24. The van der Waals surface area contributed by atoms with Crippen molar-refractivity contribution in [1.82, 2.24) is 0 Å². The Morgan fingerprint density at radius 3 is 2.57 bits per heavy atom. The molecular weight excluding hydrogens is 292 g/mol. The van der Waals surface area contributed by atoms with Crippen molar-refractivity contribution < 1.29 is 14.3 Å². The van der Waals surface area contributed by atoms with E-state index in [1.165, 1.54) is 25.3 Å². The van der Waals surface area contributed by atoms with Crippen molar-refractivity contribution in [1.29, 1.82) is 0 Å². The molecule has 0 saturated heterocycles. The van der Waals surface area contributed by atoms with Gasteiger partial charge in [0.25, 0.3) is 5.91 Å². The van der Waals surface area contributed by atoms with Gasteiger partial charge < -0.3 is 15.8 Å². The second-order valence-electron chi connectivity index (χ2n) is 4.23. The van der Waals surface area contributed by atoms with E-state index in [4.69, 9.17) is 17.3 Å². The van der Waals surface area contributed by atoms with Gasteiger partial charge in [-0.3, -0.25) is 4.79 Å². The first-order chi connectivity index (χ1) is 10.0. The first kappa shape index (κ1) is 14.9. The van der Waals surface area contributed by atoms with Crippen LogP contribution in [0.15, 0.2) is 42.5 Å². The molecule has 0 aromatic heterocycles. The number of para-hydroxylation sites is 1. The van der Waals surface area contributed by atoms with E-state index < -0.39 is 11.9 Å². The van der Waals surface area contributed by atoms with Crippen molar-refractivity contribution in [2.75, 3.05) is 18.2 Å². The Labute approximate surface area is 126 Å². The minimum Gasteiger partial charge on any atom is -0.465 e. The van der Waals surface area contributed by atoms with Gasteiger partial charge in [0.05, 0.1) is 28.9 Å². The largest absolute Gasteiger partial charge is 0.465 e. The average molecular weight is 305 g/mol. The van der Waals surface area contributed by atoms with Crippen molar-refractivity contribution in [2.45, 2.75) is 0 Å². The number of methoxy groups -OCH3 is 1. The zero-order valence-electron chi connectivity index (χ0n) is 11.2. The Hall–Kier alpha value is -2.53. The van der Waals surface area contributed by atoms with E-state index >= 15 is 0 Å². The summed E-state index contributed by atoms with van der Waals surface area (Å²) in [6, 6.07) is 11.1. The molecule has 0 aliphatic heterocycles. The van der Waals surface area contributed by atoms with Crippen LogP contribution >= 0.6 is 11.6 Å². The summed E-state index contributed by atoms with van der Waals surface area (Å²) in [4.78, 5) is 23.7. The summed E-state index contributed by atoms with van der Waals surface area (Å²) in [6.07, 6.45) is 0. The quantitative estimate of drug-likeness (QED) is 0.674. The lowest BCUT2D eigenvalue weighted by Crippen LogP contribution is -2.14. The van der Waals surface area contributed by atoms with Gasteiger partial charge in [-0.25, -0.2) is 4.79 Å². The highest BCUT2D eigenvalue weighted by Gasteiger charge is 2.13. The summed E-state index contributed by atoms with van der Waals surface area (Å²) < 4.78 is 4.63. The molecule has 0 aliphatic rings. The monoisotopic (exact) mass is 304 g/mol. The number of hydrogen-bond donors (Lipinski definition) is 2. The minimum atomic E-state index is -0.513. The molecule has 0 saturated carbocycles. The number of rotatable bonds is 3. The number of ether oxygens (including phenoxy) is 1. The molecule has 0 fully saturated rings. The predicted octanol–water partition coefficient (Wildman–Crippen LogP) is 2.96. The third-order valence-corrected chi connectivity index (χ3v) is 3.17. The molecule has 0 unspecified atom stereocenters. The normalized spacial score (nSPS) is 10.0. The Kier molecular flexibility index (Phi) is 4.45. The van der Waals surface area contributed by atoms with Crippen LogP contribution in [0.3, 0.4) is 0 Å². The molecule has 0 bridgehead atoms. The van der Waals surface area contributed by atoms with Crippen molar-refractivity contribution in [3.05, 3.63) is 58.6 Å². The van der Waals surface area contributed by atoms with Gasteiger partial charge in [-0.1, -0.05) is 23.7 Å². The maximum absolute atomic E-state index is 12.2. The standard InChI is InChI=1S/C15H13ClN2O3/c1-21-15(20)9-6-7-11(16)13(8-9)18-14(19)10-4-2-3-5-12(10)17/h2-8H,17H2,1H3,(H,18,19). The van der Waals surface area contributed by atoms with Crippen LogP contribution in [0.1, 0.15) is 20.7 Å². The number of nitrogens with one attached hydrogen (secondary N) is 1. The number of carbonyl (C=O) groups is 2. The number of nitrogen functional groups attached to an aromatic ring is 1. The van der Waals surface area contributed by atoms with E-state index in [0.717, 1.165) is 0 Å². The molecule has 21 heavy (non-hydrogen) atoms. The number of hydrogen-bond acceptors (Lipinski definition) is 4. The number of carbonyl (C=O) groups excluding carboxylic acids is 2. The molecule has 2 rings (SSSR count). The number of anilines is 2. The number of benzene rings is 2. The van der Waals surface area contributed by atoms with Gasteiger partial charge in [0.1, 0.15) is 0 Å². The lowest BCUT2D eigenvalue weighted by atomic mass is 10.1. The molecule has 5 nitrogen and oxygen atoms in total. The van der Waals surface area contributed by atoms with E-state index in [-0.39, 0.29) is 0 Å². The molecule has 0 spiro atoms. The maximum atomic E-state index is 12.2. The zero-order valence-corrected chi connectivity index (χ0v) is 12.0. The maximum Gasteiger partial charge on any atom is 0.337 e. The summed E-state index contributed by atoms with van der Waals surface area (Å²) in [6.45, 7) is 0. The topological polar surface area (TPSA) is 81.4 Å². The minimum absolute atomic E-state index is 0.290. The molecule has 6 heteroatoms. The van der Waals surface area contributed by atoms with Gasteiger partial charge in [-0.05, 0) is 30.3 Å². The molecule has 1 amide bonds. The second kappa shape index (κ2) is 6.28. The second-order valence-corrected chi connectivity index (χ2v) is 4.63. The summed E-state index contributed by atoms with van der Waals surface area (Å²) in [5, 5.41) is 2.94. The van der Waals surface area contributed by atoms with Crippen LogP contribution in [0.25, 0.3) is 0 Å². The molecule has 0 radical (unpaired) electrons. The van der Waals surface area contributed by atoms with Crippen molar-refractivity contribution >= 4 is 34.9 Å². The van der Waals surface area contributed by atoms with Gasteiger partial charge in [-0.15, -0.1) is 0 Å². The van der Waals surface area contributed by atoms with Crippen LogP contribution in [-0.2, 0) is 4.74 Å². The Bertz CT molecular complexity index is 701. The molecule has 3 N–H and O–H groups in total. The fourth-order valence-electron chi connectivity index (χ4n) is 1.76. The lowest BCUT2D eigenvalue weighted by Gasteiger charge is -2.10. The predicted molar refractivity (Wildman–Crippen MR) is 81.6 cm³/mol. The zero-order chi connectivity index (χ0) is 15.4. The third kappa shape index (κ3) is 3.32. The number of halogens is 1. The fourth-order valence-corrected chi connectivity index (χ4v) is 1.92. The van der Waals surface area contributed by atoms with Crippen LogP contribution in [0.5, 0.6) is 0 Å². The SMILES string of the molecule is COC(=O)c1ccc(Cl)c(NC(=O)c2ccccc2N)c1.